The second kappa shape index (κ2) is 8.88. The molecule has 2 aliphatic rings. The SMILES string of the molecule is CCc1ccc(N2C(=O)/C(=C/c3cc4c(cc3OC)OCO4)N(CC(=O)OC)C2=S)cc1. The molecule has 2 aliphatic heterocycles. The van der Waals surface area contributed by atoms with Gasteiger partial charge in [-0.1, -0.05) is 19.1 Å². The average molecular weight is 455 g/mol. The van der Waals surface area contributed by atoms with Crippen LogP contribution in [0.25, 0.3) is 6.08 Å². The molecule has 0 unspecified atom stereocenters. The lowest BCUT2D eigenvalue weighted by atomic mass is 10.1. The molecule has 32 heavy (non-hydrogen) atoms. The Morgan fingerprint density at radius 1 is 1.16 bits per heavy atom. The molecule has 0 N–H and O–H groups in total. The molecule has 1 amide bonds. The predicted octanol–water partition coefficient (Wildman–Crippen LogP) is 3.13. The molecule has 0 bridgehead atoms. The maximum absolute atomic E-state index is 13.5. The Bertz CT molecular complexity index is 1110. The number of carbonyl (C=O) groups excluding carboxylic acids is 2. The van der Waals surface area contributed by atoms with Crippen molar-refractivity contribution in [2.45, 2.75) is 13.3 Å². The Morgan fingerprint density at radius 3 is 2.47 bits per heavy atom. The highest BCUT2D eigenvalue weighted by Crippen LogP contribution is 2.40. The quantitative estimate of drug-likeness (QED) is 0.374. The lowest BCUT2D eigenvalue weighted by Gasteiger charge is -2.19. The summed E-state index contributed by atoms with van der Waals surface area (Å²) in [5, 5.41) is 0.190. The standard InChI is InChI=1S/C23H22N2O6S/c1-4-14-5-7-16(8-6-14)25-22(27)17(24(23(25)32)12-21(26)29-3)9-15-10-19-20(31-13-30-19)11-18(15)28-2/h5-11H,4,12-13H2,1-3H3/b17-9-. The largest absolute Gasteiger partial charge is 0.496 e. The van der Waals surface area contributed by atoms with Gasteiger partial charge < -0.3 is 23.8 Å². The number of benzene rings is 2. The minimum absolute atomic E-state index is 0.109. The maximum atomic E-state index is 13.5. The number of nitrogens with zero attached hydrogens (tertiary/aromatic N) is 2. The normalized spacial score (nSPS) is 16.2. The van der Waals surface area contributed by atoms with Crippen LogP contribution < -0.4 is 19.1 Å². The van der Waals surface area contributed by atoms with Crippen molar-refractivity contribution in [2.75, 3.05) is 32.5 Å². The van der Waals surface area contributed by atoms with Gasteiger partial charge in [-0.05, 0) is 48.5 Å². The third-order valence-electron chi connectivity index (χ3n) is 5.27. The van der Waals surface area contributed by atoms with Gasteiger partial charge in [0.2, 0.25) is 6.79 Å². The van der Waals surface area contributed by atoms with Crippen LogP contribution in [0.3, 0.4) is 0 Å². The van der Waals surface area contributed by atoms with E-state index in [1.165, 1.54) is 24.0 Å². The Hall–Kier alpha value is -3.59. The van der Waals surface area contributed by atoms with Crippen LogP contribution in [0, 0.1) is 0 Å². The fourth-order valence-corrected chi connectivity index (χ4v) is 3.86. The molecule has 9 heteroatoms. The smallest absolute Gasteiger partial charge is 0.325 e. The van der Waals surface area contributed by atoms with E-state index in [2.05, 4.69) is 6.92 Å². The second-order valence-electron chi connectivity index (χ2n) is 7.08. The van der Waals surface area contributed by atoms with E-state index in [1.807, 2.05) is 24.3 Å². The van der Waals surface area contributed by atoms with Gasteiger partial charge in [0, 0.05) is 11.6 Å². The summed E-state index contributed by atoms with van der Waals surface area (Å²) in [5.74, 6) is 0.706. The first-order valence-corrected chi connectivity index (χ1v) is 10.4. The van der Waals surface area contributed by atoms with Gasteiger partial charge >= 0.3 is 5.97 Å². The number of esters is 1. The van der Waals surface area contributed by atoms with Gasteiger partial charge in [0.15, 0.2) is 16.6 Å². The number of fused-ring (bicyclic) bond motifs is 1. The number of methoxy groups -OCH3 is 2. The second-order valence-corrected chi connectivity index (χ2v) is 7.45. The summed E-state index contributed by atoms with van der Waals surface area (Å²) in [6.07, 6.45) is 2.50. The van der Waals surface area contributed by atoms with Gasteiger partial charge in [0.1, 0.15) is 18.0 Å². The molecule has 0 aromatic heterocycles. The van der Waals surface area contributed by atoms with Crippen LogP contribution in [0.2, 0.25) is 0 Å². The van der Waals surface area contributed by atoms with E-state index < -0.39 is 5.97 Å². The van der Waals surface area contributed by atoms with Gasteiger partial charge in [-0.3, -0.25) is 14.5 Å². The number of ether oxygens (including phenoxy) is 4. The number of anilines is 1. The Labute approximate surface area is 190 Å². The van der Waals surface area contributed by atoms with Gasteiger partial charge in [-0.2, -0.15) is 0 Å². The Kier molecular flexibility index (Phi) is 6.00. The van der Waals surface area contributed by atoms with E-state index in [0.29, 0.717) is 28.5 Å². The summed E-state index contributed by atoms with van der Waals surface area (Å²) in [6, 6.07) is 11.0. The third-order valence-corrected chi connectivity index (χ3v) is 5.67. The minimum Gasteiger partial charge on any atom is -0.496 e. The van der Waals surface area contributed by atoms with Crippen LogP contribution in [-0.4, -0.2) is 49.4 Å². The number of thiocarbonyl (C=S) groups is 1. The highest BCUT2D eigenvalue weighted by molar-refractivity contribution is 7.80. The van der Waals surface area contributed by atoms with Crippen LogP contribution in [-0.2, 0) is 20.7 Å². The molecule has 0 radical (unpaired) electrons. The average Bonchev–Trinajstić information content (AvgIpc) is 3.36. The van der Waals surface area contributed by atoms with Gasteiger partial charge in [-0.25, -0.2) is 0 Å². The molecule has 1 fully saturated rings. The van der Waals surface area contributed by atoms with Crippen molar-refractivity contribution in [1.82, 2.24) is 4.90 Å². The van der Waals surface area contributed by atoms with Gasteiger partial charge in [0.05, 0.1) is 19.9 Å². The van der Waals surface area contributed by atoms with Crippen LogP contribution in [0.4, 0.5) is 5.69 Å². The van der Waals surface area contributed by atoms with E-state index in [4.69, 9.17) is 31.2 Å². The van der Waals surface area contributed by atoms with Crippen molar-refractivity contribution in [1.29, 1.82) is 0 Å². The zero-order valence-electron chi connectivity index (χ0n) is 17.9. The number of hydrogen-bond donors (Lipinski definition) is 0. The number of rotatable bonds is 6. The molecule has 0 spiro atoms. The van der Waals surface area contributed by atoms with E-state index >= 15 is 0 Å². The van der Waals surface area contributed by atoms with Crippen LogP contribution in [0.15, 0.2) is 42.1 Å². The van der Waals surface area contributed by atoms with Gasteiger partial charge in [-0.15, -0.1) is 0 Å². The molecular weight excluding hydrogens is 432 g/mol. The van der Waals surface area contributed by atoms with E-state index in [1.54, 1.807) is 18.2 Å². The molecule has 8 nitrogen and oxygen atoms in total. The van der Waals surface area contributed by atoms with Crippen molar-refractivity contribution in [2.24, 2.45) is 0 Å². The fraction of sp³-hybridized carbons (Fsp3) is 0.261. The summed E-state index contributed by atoms with van der Waals surface area (Å²) in [4.78, 5) is 28.4. The molecule has 166 valence electrons. The summed E-state index contributed by atoms with van der Waals surface area (Å²) < 4.78 is 21.1. The van der Waals surface area contributed by atoms with E-state index in [9.17, 15) is 9.59 Å². The number of hydrogen-bond acceptors (Lipinski definition) is 7. The third kappa shape index (κ3) is 3.87. The molecular formula is C23H22N2O6S. The Balaban J connectivity index is 1.78. The molecule has 0 saturated carbocycles. The summed E-state index contributed by atoms with van der Waals surface area (Å²) in [7, 11) is 2.81. The van der Waals surface area contributed by atoms with Gasteiger partial charge in [0.25, 0.3) is 5.91 Å². The summed E-state index contributed by atoms with van der Waals surface area (Å²) in [6.45, 7) is 1.96. The molecule has 2 aromatic carbocycles. The van der Waals surface area contributed by atoms with Crippen molar-refractivity contribution in [3.63, 3.8) is 0 Å². The van der Waals surface area contributed by atoms with E-state index in [0.717, 1.165) is 12.0 Å². The van der Waals surface area contributed by atoms with Crippen molar-refractivity contribution in [3.8, 4) is 17.2 Å². The number of carbonyl (C=O) groups is 2. The topological polar surface area (TPSA) is 77.5 Å². The molecule has 1 saturated heterocycles. The maximum Gasteiger partial charge on any atom is 0.325 e. The zero-order valence-corrected chi connectivity index (χ0v) is 18.7. The highest BCUT2D eigenvalue weighted by atomic mass is 32.1. The minimum atomic E-state index is -0.521. The number of aryl methyl sites for hydroxylation is 1. The lowest BCUT2D eigenvalue weighted by molar-refractivity contribution is -0.140. The van der Waals surface area contributed by atoms with E-state index in [-0.39, 0.29) is 30.1 Å². The predicted molar refractivity (Wildman–Crippen MR) is 122 cm³/mol. The molecule has 0 atom stereocenters. The summed E-state index contributed by atoms with van der Waals surface area (Å²) >= 11 is 5.59. The highest BCUT2D eigenvalue weighted by Gasteiger charge is 2.40. The molecule has 2 aromatic rings. The first-order valence-electron chi connectivity index (χ1n) is 9.97. The van der Waals surface area contributed by atoms with Crippen molar-refractivity contribution < 1.29 is 28.5 Å². The Morgan fingerprint density at radius 2 is 1.84 bits per heavy atom. The first-order chi connectivity index (χ1) is 15.5. The lowest BCUT2D eigenvalue weighted by Crippen LogP contribution is -2.35. The molecule has 0 aliphatic carbocycles. The first kappa shape index (κ1) is 21.6. The van der Waals surface area contributed by atoms with Crippen molar-refractivity contribution in [3.05, 3.63) is 53.2 Å². The monoisotopic (exact) mass is 454 g/mol. The fourth-order valence-electron chi connectivity index (χ4n) is 3.51. The molecule has 2 heterocycles. The van der Waals surface area contributed by atoms with Crippen LogP contribution >= 0.6 is 12.2 Å². The zero-order chi connectivity index (χ0) is 22.8. The molecule has 4 rings (SSSR count). The number of amides is 1. The summed E-state index contributed by atoms with van der Waals surface area (Å²) in [5.41, 5.74) is 2.56. The van der Waals surface area contributed by atoms with Crippen molar-refractivity contribution >= 4 is 41.0 Å². The van der Waals surface area contributed by atoms with Crippen LogP contribution in [0.5, 0.6) is 17.2 Å². The van der Waals surface area contributed by atoms with Crippen LogP contribution in [0.1, 0.15) is 18.1 Å².